The highest BCUT2D eigenvalue weighted by Crippen LogP contribution is 2.20. The Morgan fingerprint density at radius 3 is 2.70 bits per heavy atom. The number of ether oxygens (including phenoxy) is 3. The highest BCUT2D eigenvalue weighted by atomic mass is 16.5. The molecule has 1 aromatic rings. The molecule has 2 aliphatic rings. The minimum absolute atomic E-state index is 0.0124. The van der Waals surface area contributed by atoms with Crippen molar-refractivity contribution in [1.82, 2.24) is 9.80 Å². The maximum absolute atomic E-state index is 11.6. The number of hydrogen-bond acceptors (Lipinski definition) is 7. The van der Waals surface area contributed by atoms with E-state index in [-0.39, 0.29) is 18.5 Å². The topological polar surface area (TPSA) is 71.5 Å². The first kappa shape index (κ1) is 23.0. The molecule has 0 radical (unpaired) electrons. The number of rotatable bonds is 9. The summed E-state index contributed by atoms with van der Waals surface area (Å²) in [5.41, 5.74) is 1.21. The van der Waals surface area contributed by atoms with Crippen LogP contribution in [0.2, 0.25) is 0 Å². The van der Waals surface area contributed by atoms with Gasteiger partial charge in [0.2, 0.25) is 0 Å². The molecular weight excluding hydrogens is 384 g/mol. The second-order valence-corrected chi connectivity index (χ2v) is 8.47. The molecule has 0 bridgehead atoms. The second-order valence-electron chi connectivity index (χ2n) is 8.47. The first-order valence-electron chi connectivity index (χ1n) is 11.0. The van der Waals surface area contributed by atoms with Crippen LogP contribution in [-0.4, -0.2) is 86.6 Å². The lowest BCUT2D eigenvalue weighted by atomic mass is 9.97. The van der Waals surface area contributed by atoms with Gasteiger partial charge in [-0.1, -0.05) is 12.1 Å². The lowest BCUT2D eigenvalue weighted by Crippen LogP contribution is -2.42. The molecule has 0 aromatic heterocycles. The van der Waals surface area contributed by atoms with Gasteiger partial charge in [-0.05, 0) is 63.5 Å². The molecule has 1 aromatic carbocycles. The van der Waals surface area contributed by atoms with Crippen LogP contribution in [0.15, 0.2) is 24.3 Å². The molecule has 0 spiro atoms. The third-order valence-electron chi connectivity index (χ3n) is 6.18. The van der Waals surface area contributed by atoms with E-state index in [1.807, 2.05) is 12.1 Å². The Morgan fingerprint density at radius 2 is 2.00 bits per heavy atom. The summed E-state index contributed by atoms with van der Waals surface area (Å²) in [6, 6.07) is 8.68. The molecule has 2 saturated heterocycles. The van der Waals surface area contributed by atoms with Crippen molar-refractivity contribution >= 4 is 5.97 Å². The van der Waals surface area contributed by atoms with Gasteiger partial charge in [0, 0.05) is 32.3 Å². The van der Waals surface area contributed by atoms with E-state index in [4.69, 9.17) is 14.2 Å². The average molecular weight is 421 g/mol. The van der Waals surface area contributed by atoms with Gasteiger partial charge < -0.3 is 24.2 Å². The van der Waals surface area contributed by atoms with Crippen molar-refractivity contribution in [3.63, 3.8) is 0 Å². The third-order valence-corrected chi connectivity index (χ3v) is 6.18. The van der Waals surface area contributed by atoms with Crippen LogP contribution in [0.3, 0.4) is 0 Å². The maximum Gasteiger partial charge on any atom is 0.308 e. The van der Waals surface area contributed by atoms with Crippen LogP contribution in [0.25, 0.3) is 0 Å². The van der Waals surface area contributed by atoms with Gasteiger partial charge in [-0.15, -0.1) is 0 Å². The Morgan fingerprint density at radius 1 is 1.27 bits per heavy atom. The van der Waals surface area contributed by atoms with Crippen LogP contribution in [0.5, 0.6) is 5.75 Å². The zero-order chi connectivity index (χ0) is 21.3. The van der Waals surface area contributed by atoms with Crippen LogP contribution >= 0.6 is 0 Å². The summed E-state index contributed by atoms with van der Waals surface area (Å²) in [6.45, 7) is 4.97. The van der Waals surface area contributed by atoms with Gasteiger partial charge >= 0.3 is 5.97 Å². The molecule has 30 heavy (non-hydrogen) atoms. The monoisotopic (exact) mass is 420 g/mol. The number of methoxy groups -OCH3 is 1. The molecule has 2 fully saturated rings. The Labute approximate surface area is 179 Å². The van der Waals surface area contributed by atoms with Gasteiger partial charge in [-0.3, -0.25) is 9.69 Å². The molecular formula is C23H36N2O5. The summed E-state index contributed by atoms with van der Waals surface area (Å²) < 4.78 is 16.1. The van der Waals surface area contributed by atoms with E-state index in [1.165, 1.54) is 12.7 Å². The van der Waals surface area contributed by atoms with Crippen molar-refractivity contribution < 1.29 is 24.1 Å². The number of esters is 1. The van der Waals surface area contributed by atoms with E-state index in [2.05, 4.69) is 29.0 Å². The summed E-state index contributed by atoms with van der Waals surface area (Å²) in [7, 11) is 3.60. The van der Waals surface area contributed by atoms with E-state index in [0.717, 1.165) is 64.3 Å². The van der Waals surface area contributed by atoms with Crippen LogP contribution in [0.4, 0.5) is 0 Å². The van der Waals surface area contributed by atoms with E-state index in [1.54, 1.807) is 0 Å². The molecule has 2 heterocycles. The number of carbonyl (C=O) groups excluding carboxylic acids is 1. The Bertz CT molecular complexity index is 657. The normalized spacial score (nSPS) is 20.3. The predicted octanol–water partition coefficient (Wildman–Crippen LogP) is 1.92. The highest BCUT2D eigenvalue weighted by Gasteiger charge is 2.26. The Balaban J connectivity index is 1.40. The average Bonchev–Trinajstić information content (AvgIpc) is 2.78. The number of piperidine rings is 1. The fraction of sp³-hybridized carbons (Fsp3) is 0.696. The molecule has 1 N–H and O–H groups in total. The zero-order valence-electron chi connectivity index (χ0n) is 18.3. The van der Waals surface area contributed by atoms with Crippen molar-refractivity contribution in [3.8, 4) is 5.75 Å². The van der Waals surface area contributed by atoms with Gasteiger partial charge in [0.05, 0.1) is 13.0 Å². The van der Waals surface area contributed by atoms with E-state index >= 15 is 0 Å². The fourth-order valence-corrected chi connectivity index (χ4v) is 4.34. The van der Waals surface area contributed by atoms with Gasteiger partial charge in [-0.25, -0.2) is 0 Å². The SMILES string of the molecule is COC(=O)C1CCN(CC(O)COc2cccc(CN(C)C3CCOCC3)c2)CC1. The van der Waals surface area contributed by atoms with Crippen molar-refractivity contribution in [2.75, 3.05) is 53.6 Å². The minimum Gasteiger partial charge on any atom is -0.491 e. The van der Waals surface area contributed by atoms with Crippen LogP contribution < -0.4 is 4.74 Å². The molecule has 168 valence electrons. The number of carbonyl (C=O) groups is 1. The first-order chi connectivity index (χ1) is 14.5. The van der Waals surface area contributed by atoms with Gasteiger partial charge in [0.1, 0.15) is 18.5 Å². The molecule has 1 atom stereocenters. The lowest BCUT2D eigenvalue weighted by Gasteiger charge is -2.32. The predicted molar refractivity (Wildman–Crippen MR) is 114 cm³/mol. The summed E-state index contributed by atoms with van der Waals surface area (Å²) >= 11 is 0. The number of likely N-dealkylation sites (tertiary alicyclic amines) is 1. The number of hydrogen-bond donors (Lipinski definition) is 1. The largest absolute Gasteiger partial charge is 0.491 e. The number of aliphatic hydroxyl groups is 1. The second kappa shape index (κ2) is 11.6. The lowest BCUT2D eigenvalue weighted by molar-refractivity contribution is -0.147. The van der Waals surface area contributed by atoms with Gasteiger partial charge in [-0.2, -0.15) is 0 Å². The molecule has 2 aliphatic heterocycles. The third kappa shape index (κ3) is 6.94. The summed E-state index contributed by atoms with van der Waals surface area (Å²) in [4.78, 5) is 16.2. The molecule has 1 unspecified atom stereocenters. The highest BCUT2D eigenvalue weighted by molar-refractivity contribution is 5.72. The van der Waals surface area contributed by atoms with Crippen molar-refractivity contribution in [3.05, 3.63) is 29.8 Å². The molecule has 3 rings (SSSR count). The van der Waals surface area contributed by atoms with E-state index in [9.17, 15) is 9.90 Å². The van der Waals surface area contributed by atoms with E-state index in [0.29, 0.717) is 12.6 Å². The molecule has 7 nitrogen and oxygen atoms in total. The summed E-state index contributed by atoms with van der Waals surface area (Å²) in [5, 5.41) is 10.4. The van der Waals surface area contributed by atoms with Crippen molar-refractivity contribution in [2.24, 2.45) is 5.92 Å². The van der Waals surface area contributed by atoms with Crippen LogP contribution in [0, 0.1) is 5.92 Å². The molecule has 0 aliphatic carbocycles. The summed E-state index contributed by atoms with van der Waals surface area (Å²) in [6.07, 6.45) is 3.16. The van der Waals surface area contributed by atoms with Crippen LogP contribution in [0.1, 0.15) is 31.2 Å². The minimum atomic E-state index is -0.562. The maximum atomic E-state index is 11.6. The quantitative estimate of drug-likeness (QED) is 0.612. The van der Waals surface area contributed by atoms with E-state index < -0.39 is 6.10 Å². The number of aliphatic hydroxyl groups excluding tert-OH is 1. The number of β-amino-alcohol motifs (C(OH)–C–C–N with tert-alkyl or cyclic N) is 1. The number of nitrogens with zero attached hydrogens (tertiary/aromatic N) is 2. The first-order valence-corrected chi connectivity index (χ1v) is 11.0. The smallest absolute Gasteiger partial charge is 0.308 e. The van der Waals surface area contributed by atoms with Crippen molar-refractivity contribution in [2.45, 2.75) is 44.4 Å². The standard InChI is InChI=1S/C23H36N2O5/c1-24(20-8-12-29-13-9-20)15-18-4-3-5-22(14-18)30-17-21(26)16-25-10-6-19(7-11-25)23(27)28-2/h3-5,14,19-21,26H,6-13,15-17H2,1-2H3. The van der Waals surface area contributed by atoms with Gasteiger partial charge in [0.15, 0.2) is 0 Å². The Hall–Kier alpha value is -1.67. The van der Waals surface area contributed by atoms with Crippen molar-refractivity contribution in [1.29, 1.82) is 0 Å². The molecule has 0 amide bonds. The fourth-order valence-electron chi connectivity index (χ4n) is 4.34. The zero-order valence-corrected chi connectivity index (χ0v) is 18.3. The number of benzene rings is 1. The molecule has 7 heteroatoms. The molecule has 0 saturated carbocycles. The summed E-state index contributed by atoms with van der Waals surface area (Å²) in [5.74, 6) is 0.652. The van der Waals surface area contributed by atoms with Gasteiger partial charge in [0.25, 0.3) is 0 Å². The Kier molecular flexibility index (Phi) is 8.93. The van der Waals surface area contributed by atoms with Crippen LogP contribution in [-0.2, 0) is 20.8 Å².